The lowest BCUT2D eigenvalue weighted by Crippen LogP contribution is -2.72. The summed E-state index contributed by atoms with van der Waals surface area (Å²) in [6.45, 7) is 2.48. The van der Waals surface area contributed by atoms with Crippen molar-refractivity contribution in [2.45, 2.75) is 38.3 Å². The van der Waals surface area contributed by atoms with Crippen LogP contribution in [0, 0.1) is 5.41 Å². The number of aliphatic hydroxyl groups is 1. The number of aliphatic hydroxyl groups excluding tert-OH is 1. The molecule has 0 aromatic carbocycles. The summed E-state index contributed by atoms with van der Waals surface area (Å²) in [5.74, 6) is 0.543. The van der Waals surface area contributed by atoms with E-state index >= 15 is 0 Å². The molecule has 0 saturated heterocycles. The van der Waals surface area contributed by atoms with Gasteiger partial charge in [0.2, 0.25) is 5.91 Å². The van der Waals surface area contributed by atoms with Crippen LogP contribution in [-0.2, 0) is 11.3 Å². The largest absolute Gasteiger partial charge is 0.396 e. The number of carbonyl (C=O) groups excluding carboxylic acids is 1. The van der Waals surface area contributed by atoms with Gasteiger partial charge in [-0.1, -0.05) is 0 Å². The number of likely N-dealkylation sites (N-methyl/N-ethyl adjacent to an activating group) is 1. The molecule has 0 radical (unpaired) electrons. The van der Waals surface area contributed by atoms with Crippen molar-refractivity contribution in [1.82, 2.24) is 20.1 Å². The Morgan fingerprint density at radius 1 is 1.26 bits per heavy atom. The molecule has 2 bridgehead atoms. The maximum absolute atomic E-state index is 11.9. The third-order valence-electron chi connectivity index (χ3n) is 5.46. The summed E-state index contributed by atoms with van der Waals surface area (Å²) < 4.78 is 1.16. The van der Waals surface area contributed by atoms with E-state index in [1.54, 1.807) is 12.3 Å². The van der Waals surface area contributed by atoms with Crippen LogP contribution in [0.15, 0.2) is 35.3 Å². The van der Waals surface area contributed by atoms with Crippen molar-refractivity contribution < 1.29 is 9.90 Å². The molecule has 0 aliphatic heterocycles. The second-order valence-corrected chi connectivity index (χ2v) is 7.69. The quantitative estimate of drug-likeness (QED) is 0.665. The standard InChI is InChI=1S/C19H23N5O3/c1-2-20-16(26)8-24-17(27)6-4-14(23-24)13-3-5-15(21-7-13)22-19-9-18(10-19,11-19)12-25/h3-7,25H,2,8-12H2,1H3,(H,20,26)(H,21,22). The highest BCUT2D eigenvalue weighted by Crippen LogP contribution is 2.67. The Labute approximate surface area is 156 Å². The smallest absolute Gasteiger partial charge is 0.267 e. The maximum atomic E-state index is 11.9. The van der Waals surface area contributed by atoms with E-state index in [1.165, 1.54) is 6.07 Å². The van der Waals surface area contributed by atoms with Gasteiger partial charge < -0.3 is 15.7 Å². The van der Waals surface area contributed by atoms with Gasteiger partial charge in [0, 0.05) is 41.9 Å². The van der Waals surface area contributed by atoms with E-state index in [9.17, 15) is 14.7 Å². The van der Waals surface area contributed by atoms with Gasteiger partial charge in [0.15, 0.2) is 0 Å². The van der Waals surface area contributed by atoms with Crippen LogP contribution in [-0.4, -0.2) is 44.5 Å². The molecule has 142 valence electrons. The number of aromatic nitrogens is 3. The number of nitrogens with zero attached hydrogens (tertiary/aromatic N) is 3. The van der Waals surface area contributed by atoms with E-state index in [1.807, 2.05) is 19.1 Å². The molecule has 2 heterocycles. The van der Waals surface area contributed by atoms with Gasteiger partial charge in [-0.2, -0.15) is 5.10 Å². The van der Waals surface area contributed by atoms with E-state index in [0.717, 1.165) is 35.3 Å². The number of nitrogens with one attached hydrogen (secondary N) is 2. The average molecular weight is 369 g/mol. The van der Waals surface area contributed by atoms with Crippen molar-refractivity contribution in [3.05, 3.63) is 40.8 Å². The van der Waals surface area contributed by atoms with Crippen molar-refractivity contribution in [3.63, 3.8) is 0 Å². The molecule has 2 aromatic rings. The van der Waals surface area contributed by atoms with Crippen LogP contribution in [0.2, 0.25) is 0 Å². The van der Waals surface area contributed by atoms with Crippen molar-refractivity contribution >= 4 is 11.7 Å². The molecule has 8 nitrogen and oxygen atoms in total. The molecule has 3 saturated carbocycles. The van der Waals surface area contributed by atoms with Gasteiger partial charge >= 0.3 is 0 Å². The summed E-state index contributed by atoms with van der Waals surface area (Å²) in [6.07, 6.45) is 4.68. The summed E-state index contributed by atoms with van der Waals surface area (Å²) >= 11 is 0. The summed E-state index contributed by atoms with van der Waals surface area (Å²) in [5, 5.41) is 19.8. The van der Waals surface area contributed by atoms with Gasteiger partial charge in [-0.3, -0.25) is 9.59 Å². The average Bonchev–Trinajstić information content (AvgIpc) is 2.59. The molecule has 3 aliphatic carbocycles. The van der Waals surface area contributed by atoms with E-state index in [-0.39, 0.29) is 35.6 Å². The third-order valence-corrected chi connectivity index (χ3v) is 5.46. The summed E-state index contributed by atoms with van der Waals surface area (Å²) in [5.41, 5.74) is 1.28. The first-order chi connectivity index (χ1) is 13.0. The molecule has 3 N–H and O–H groups in total. The second kappa shape index (κ2) is 6.45. The van der Waals surface area contributed by atoms with Crippen LogP contribution in [0.1, 0.15) is 26.2 Å². The lowest BCUT2D eigenvalue weighted by atomic mass is 9.39. The molecule has 0 atom stereocenters. The van der Waals surface area contributed by atoms with E-state index < -0.39 is 0 Å². The fourth-order valence-electron chi connectivity index (χ4n) is 4.29. The molecule has 0 spiro atoms. The Balaban J connectivity index is 1.46. The van der Waals surface area contributed by atoms with Gasteiger partial charge in [-0.05, 0) is 44.4 Å². The Morgan fingerprint density at radius 2 is 2.04 bits per heavy atom. The minimum absolute atomic E-state index is 0.0926. The summed E-state index contributed by atoms with van der Waals surface area (Å²) in [4.78, 5) is 28.1. The highest BCUT2D eigenvalue weighted by Gasteiger charge is 2.67. The first-order valence-corrected chi connectivity index (χ1v) is 9.17. The number of hydrogen-bond donors (Lipinski definition) is 3. The van der Waals surface area contributed by atoms with Crippen molar-refractivity contribution in [1.29, 1.82) is 0 Å². The molecular weight excluding hydrogens is 346 g/mol. The van der Waals surface area contributed by atoms with E-state index in [0.29, 0.717) is 12.2 Å². The van der Waals surface area contributed by atoms with Gasteiger partial charge in [0.25, 0.3) is 5.56 Å². The number of pyridine rings is 1. The van der Waals surface area contributed by atoms with Crippen LogP contribution in [0.25, 0.3) is 11.3 Å². The monoisotopic (exact) mass is 369 g/mol. The molecule has 8 heteroatoms. The minimum Gasteiger partial charge on any atom is -0.396 e. The van der Waals surface area contributed by atoms with Crippen molar-refractivity contribution in [2.24, 2.45) is 5.41 Å². The predicted molar refractivity (Wildman–Crippen MR) is 100 cm³/mol. The zero-order chi connectivity index (χ0) is 19.1. The van der Waals surface area contributed by atoms with Crippen molar-refractivity contribution in [3.8, 4) is 11.3 Å². The number of carbonyl (C=O) groups is 1. The SMILES string of the molecule is CCNC(=O)Cn1nc(-c2ccc(NC34CC(CO)(C3)C4)nc2)ccc1=O. The highest BCUT2D eigenvalue weighted by atomic mass is 16.3. The van der Waals surface area contributed by atoms with Crippen LogP contribution in [0.5, 0.6) is 0 Å². The number of rotatable bonds is 7. The molecule has 5 rings (SSSR count). The Bertz CT molecular complexity index is 902. The van der Waals surface area contributed by atoms with Gasteiger partial charge in [-0.15, -0.1) is 0 Å². The molecule has 2 aromatic heterocycles. The van der Waals surface area contributed by atoms with Gasteiger partial charge in [-0.25, -0.2) is 9.67 Å². The third kappa shape index (κ3) is 3.21. The number of anilines is 1. The number of hydrogen-bond acceptors (Lipinski definition) is 6. The van der Waals surface area contributed by atoms with Crippen LogP contribution >= 0.6 is 0 Å². The fraction of sp³-hybridized carbons (Fsp3) is 0.474. The Kier molecular flexibility index (Phi) is 4.22. The Hall–Kier alpha value is -2.74. The normalized spacial score (nSPS) is 25.3. The Morgan fingerprint density at radius 3 is 2.67 bits per heavy atom. The predicted octanol–water partition coefficient (Wildman–Crippen LogP) is 0.768. The maximum Gasteiger partial charge on any atom is 0.267 e. The van der Waals surface area contributed by atoms with Crippen molar-refractivity contribution in [2.75, 3.05) is 18.5 Å². The van der Waals surface area contributed by atoms with Gasteiger partial charge in [0.1, 0.15) is 12.4 Å². The van der Waals surface area contributed by atoms with Gasteiger partial charge in [0.05, 0.1) is 5.69 Å². The summed E-state index contributed by atoms with van der Waals surface area (Å²) in [7, 11) is 0. The zero-order valence-electron chi connectivity index (χ0n) is 15.2. The topological polar surface area (TPSA) is 109 Å². The first-order valence-electron chi connectivity index (χ1n) is 9.17. The molecule has 1 amide bonds. The summed E-state index contributed by atoms with van der Waals surface area (Å²) in [6, 6.07) is 6.82. The molecule has 27 heavy (non-hydrogen) atoms. The molecular formula is C19H23N5O3. The lowest BCUT2D eigenvalue weighted by Gasteiger charge is -2.70. The molecule has 3 aliphatic rings. The molecule has 0 unspecified atom stereocenters. The van der Waals surface area contributed by atoms with E-state index in [4.69, 9.17) is 0 Å². The van der Waals surface area contributed by atoms with Crippen LogP contribution in [0.3, 0.4) is 0 Å². The highest BCUT2D eigenvalue weighted by molar-refractivity contribution is 5.75. The first kappa shape index (κ1) is 17.7. The van der Waals surface area contributed by atoms with E-state index in [2.05, 4.69) is 20.7 Å². The second-order valence-electron chi connectivity index (χ2n) is 7.69. The lowest BCUT2D eigenvalue weighted by molar-refractivity contribution is -0.146. The zero-order valence-corrected chi connectivity index (χ0v) is 15.2. The molecule has 3 fully saturated rings. The van der Waals surface area contributed by atoms with Crippen LogP contribution in [0.4, 0.5) is 5.82 Å². The van der Waals surface area contributed by atoms with Crippen LogP contribution < -0.4 is 16.2 Å². The number of amides is 1. The fourth-order valence-corrected chi connectivity index (χ4v) is 4.29. The minimum atomic E-state index is -0.322.